The SMILES string of the molecule is CCON=C(C)C(C)=N/N=C(/CC)OCc1c(C)cccc1N(C)N. The maximum absolute atomic E-state index is 5.89. The Bertz CT molecular complexity index is 651. The first kappa shape index (κ1) is 20.6. The molecule has 7 nitrogen and oxygen atoms in total. The number of hydrazine groups is 1. The zero-order valence-corrected chi connectivity index (χ0v) is 16.0. The molecule has 0 aromatic heterocycles. The first-order valence-electron chi connectivity index (χ1n) is 8.38. The molecule has 1 rings (SSSR count). The van der Waals surface area contributed by atoms with E-state index >= 15 is 0 Å². The summed E-state index contributed by atoms with van der Waals surface area (Å²) in [4.78, 5) is 5.01. The summed E-state index contributed by atoms with van der Waals surface area (Å²) in [6.45, 7) is 10.4. The molecular weight excluding hydrogens is 318 g/mol. The topological polar surface area (TPSA) is 84.8 Å². The molecule has 0 amide bonds. The highest BCUT2D eigenvalue weighted by molar-refractivity contribution is 6.40. The molecule has 0 fully saturated rings. The molecule has 25 heavy (non-hydrogen) atoms. The van der Waals surface area contributed by atoms with Gasteiger partial charge < -0.3 is 14.6 Å². The lowest BCUT2D eigenvalue weighted by Gasteiger charge is -2.19. The minimum absolute atomic E-state index is 0.386. The van der Waals surface area contributed by atoms with Gasteiger partial charge in [-0.3, -0.25) is 0 Å². The van der Waals surface area contributed by atoms with Crippen LogP contribution in [0.4, 0.5) is 5.69 Å². The predicted octanol–water partition coefficient (Wildman–Crippen LogP) is 3.42. The molecule has 7 heteroatoms. The van der Waals surface area contributed by atoms with Crippen molar-refractivity contribution in [1.82, 2.24) is 0 Å². The smallest absolute Gasteiger partial charge is 0.208 e. The first-order valence-corrected chi connectivity index (χ1v) is 8.38. The van der Waals surface area contributed by atoms with Gasteiger partial charge in [-0.2, -0.15) is 5.10 Å². The molecule has 0 spiro atoms. The van der Waals surface area contributed by atoms with Crippen LogP contribution in [-0.4, -0.2) is 31.0 Å². The number of nitrogens with zero attached hydrogens (tertiary/aromatic N) is 4. The molecule has 0 heterocycles. The number of nitrogens with two attached hydrogens (primary N) is 1. The van der Waals surface area contributed by atoms with Crippen LogP contribution in [0.3, 0.4) is 0 Å². The summed E-state index contributed by atoms with van der Waals surface area (Å²) in [5.74, 6) is 6.45. The highest BCUT2D eigenvalue weighted by Crippen LogP contribution is 2.22. The summed E-state index contributed by atoms with van der Waals surface area (Å²) >= 11 is 0. The zero-order valence-electron chi connectivity index (χ0n) is 16.0. The van der Waals surface area contributed by atoms with Gasteiger partial charge in [0.1, 0.15) is 13.2 Å². The first-order chi connectivity index (χ1) is 11.9. The summed E-state index contributed by atoms with van der Waals surface area (Å²) in [6, 6.07) is 5.97. The van der Waals surface area contributed by atoms with E-state index in [4.69, 9.17) is 15.4 Å². The van der Waals surface area contributed by atoms with Gasteiger partial charge in [-0.1, -0.05) is 24.2 Å². The van der Waals surface area contributed by atoms with Crippen molar-refractivity contribution < 1.29 is 9.57 Å². The lowest BCUT2D eigenvalue weighted by Crippen LogP contribution is -2.26. The van der Waals surface area contributed by atoms with Gasteiger partial charge in [-0.05, 0) is 39.3 Å². The largest absolute Gasteiger partial charge is 0.475 e. The van der Waals surface area contributed by atoms with Crippen molar-refractivity contribution in [3.63, 3.8) is 0 Å². The van der Waals surface area contributed by atoms with E-state index in [1.165, 1.54) is 0 Å². The third-order valence-electron chi connectivity index (χ3n) is 3.62. The normalized spacial score (nSPS) is 13.0. The van der Waals surface area contributed by atoms with Gasteiger partial charge >= 0.3 is 0 Å². The molecule has 1 aromatic carbocycles. The molecule has 138 valence electrons. The molecule has 0 aliphatic carbocycles. The van der Waals surface area contributed by atoms with Crippen molar-refractivity contribution in [3.8, 4) is 0 Å². The summed E-state index contributed by atoms with van der Waals surface area (Å²) in [5.41, 5.74) is 4.44. The van der Waals surface area contributed by atoms with Crippen LogP contribution in [0.5, 0.6) is 0 Å². The number of benzene rings is 1. The number of ether oxygens (including phenoxy) is 1. The van der Waals surface area contributed by atoms with Crippen LogP contribution in [0, 0.1) is 6.92 Å². The van der Waals surface area contributed by atoms with E-state index in [1.807, 2.05) is 52.8 Å². The zero-order chi connectivity index (χ0) is 18.8. The Kier molecular flexibility index (Phi) is 8.63. The number of oxime groups is 1. The third-order valence-corrected chi connectivity index (χ3v) is 3.62. The quantitative estimate of drug-likeness (QED) is 0.338. The molecule has 0 aliphatic rings. The van der Waals surface area contributed by atoms with E-state index in [9.17, 15) is 0 Å². The molecule has 0 unspecified atom stereocenters. The third kappa shape index (κ3) is 6.54. The van der Waals surface area contributed by atoms with Crippen molar-refractivity contribution in [2.75, 3.05) is 18.7 Å². The van der Waals surface area contributed by atoms with Crippen LogP contribution in [-0.2, 0) is 16.2 Å². The summed E-state index contributed by atoms with van der Waals surface area (Å²) in [7, 11) is 1.81. The van der Waals surface area contributed by atoms with Gasteiger partial charge in [0.15, 0.2) is 0 Å². The van der Waals surface area contributed by atoms with Gasteiger partial charge in [-0.15, -0.1) is 5.10 Å². The lowest BCUT2D eigenvalue weighted by molar-refractivity contribution is 0.159. The van der Waals surface area contributed by atoms with Gasteiger partial charge in [0.25, 0.3) is 0 Å². The molecule has 0 saturated heterocycles. The Morgan fingerprint density at radius 2 is 1.88 bits per heavy atom. The van der Waals surface area contributed by atoms with Crippen molar-refractivity contribution in [3.05, 3.63) is 29.3 Å². The van der Waals surface area contributed by atoms with Crippen molar-refractivity contribution >= 4 is 23.0 Å². The second kappa shape index (κ2) is 10.5. The van der Waals surface area contributed by atoms with E-state index in [0.29, 0.717) is 37.0 Å². The standard InChI is InChI=1S/C18H29N5O2/c1-7-18(21-20-14(4)15(5)22-25-8-2)24-12-16-13(3)10-9-11-17(16)23(6)19/h9-11H,7-8,12,19H2,1-6H3/b20-14?,21-18-,22-15?. The monoisotopic (exact) mass is 347 g/mol. The van der Waals surface area contributed by atoms with E-state index in [2.05, 4.69) is 15.4 Å². The van der Waals surface area contributed by atoms with E-state index in [1.54, 1.807) is 12.1 Å². The van der Waals surface area contributed by atoms with Crippen LogP contribution < -0.4 is 10.9 Å². The molecule has 0 atom stereocenters. The number of rotatable bonds is 8. The summed E-state index contributed by atoms with van der Waals surface area (Å²) in [6.07, 6.45) is 0.637. The molecule has 0 bridgehead atoms. The Hall–Kier alpha value is -2.41. The molecule has 1 aromatic rings. The van der Waals surface area contributed by atoms with Gasteiger partial charge in [0.2, 0.25) is 5.90 Å². The average molecular weight is 347 g/mol. The van der Waals surface area contributed by atoms with Crippen LogP contribution in [0.25, 0.3) is 0 Å². The Balaban J connectivity index is 2.87. The minimum Gasteiger partial charge on any atom is -0.475 e. The maximum atomic E-state index is 5.89. The van der Waals surface area contributed by atoms with Crippen LogP contribution >= 0.6 is 0 Å². The van der Waals surface area contributed by atoms with Gasteiger partial charge in [-0.25, -0.2) is 5.84 Å². The number of anilines is 1. The molecule has 0 saturated carbocycles. The Morgan fingerprint density at radius 1 is 1.16 bits per heavy atom. The Labute approximate surface area is 150 Å². The van der Waals surface area contributed by atoms with Gasteiger partial charge in [0.05, 0.1) is 17.1 Å². The van der Waals surface area contributed by atoms with E-state index in [0.717, 1.165) is 16.8 Å². The number of hydrogen-bond acceptors (Lipinski definition) is 7. The fraction of sp³-hybridized carbons (Fsp3) is 0.500. The molecule has 2 N–H and O–H groups in total. The van der Waals surface area contributed by atoms with E-state index < -0.39 is 0 Å². The lowest BCUT2D eigenvalue weighted by atomic mass is 10.1. The summed E-state index contributed by atoms with van der Waals surface area (Å²) in [5, 5.41) is 13.9. The van der Waals surface area contributed by atoms with Crippen LogP contribution in [0.15, 0.2) is 33.6 Å². The number of hydrogen-bond donors (Lipinski definition) is 1. The highest BCUT2D eigenvalue weighted by atomic mass is 16.6. The second-order valence-corrected chi connectivity index (χ2v) is 5.60. The second-order valence-electron chi connectivity index (χ2n) is 5.60. The van der Waals surface area contributed by atoms with Crippen LogP contribution in [0.1, 0.15) is 45.2 Å². The molecule has 0 radical (unpaired) electrons. The summed E-state index contributed by atoms with van der Waals surface area (Å²) < 4.78 is 5.85. The fourth-order valence-electron chi connectivity index (χ4n) is 1.99. The van der Waals surface area contributed by atoms with Gasteiger partial charge in [0, 0.05) is 19.0 Å². The Morgan fingerprint density at radius 3 is 2.48 bits per heavy atom. The molecular formula is C18H29N5O2. The van der Waals surface area contributed by atoms with E-state index in [-0.39, 0.29) is 0 Å². The van der Waals surface area contributed by atoms with Crippen molar-refractivity contribution in [1.29, 1.82) is 0 Å². The minimum atomic E-state index is 0.386. The van der Waals surface area contributed by atoms with Crippen LogP contribution in [0.2, 0.25) is 0 Å². The average Bonchev–Trinajstić information content (AvgIpc) is 2.60. The number of aryl methyl sites for hydroxylation is 1. The highest BCUT2D eigenvalue weighted by Gasteiger charge is 2.09. The predicted molar refractivity (Wildman–Crippen MR) is 104 cm³/mol. The maximum Gasteiger partial charge on any atom is 0.208 e. The van der Waals surface area contributed by atoms with Crippen molar-refractivity contribution in [2.45, 2.75) is 47.6 Å². The molecule has 0 aliphatic heterocycles. The van der Waals surface area contributed by atoms with Crippen molar-refractivity contribution in [2.24, 2.45) is 21.2 Å². The fourth-order valence-corrected chi connectivity index (χ4v) is 1.99.